The summed E-state index contributed by atoms with van der Waals surface area (Å²) in [6.07, 6.45) is 8.35. The normalized spacial score (nSPS) is 17.3. The van der Waals surface area contributed by atoms with Gasteiger partial charge in [-0.2, -0.15) is 0 Å². The maximum absolute atomic E-state index is 11.2. The second-order valence-corrected chi connectivity index (χ2v) is 7.68. The number of hydrogen-bond donors (Lipinski definition) is 0. The minimum absolute atomic E-state index is 0.199. The van der Waals surface area contributed by atoms with E-state index in [0.29, 0.717) is 18.9 Å². The van der Waals surface area contributed by atoms with E-state index in [1.165, 1.54) is 24.0 Å². The molecule has 0 spiro atoms. The Labute approximate surface area is 164 Å². The number of ketones is 1. The van der Waals surface area contributed by atoms with E-state index >= 15 is 0 Å². The molecule has 0 aromatic heterocycles. The molecule has 0 heterocycles. The van der Waals surface area contributed by atoms with E-state index in [1.807, 2.05) is 26.0 Å². The molecular formula is C25H32O2. The monoisotopic (exact) mass is 364 g/mol. The molecule has 2 nitrogen and oxygen atoms in total. The molecule has 0 fully saturated rings. The molecule has 0 saturated carbocycles. The number of Topliss-reactive ketones (excluding diaryl/α,β-unsaturated/α-hetero) is 1. The van der Waals surface area contributed by atoms with Gasteiger partial charge in [-0.25, -0.2) is 0 Å². The van der Waals surface area contributed by atoms with Gasteiger partial charge in [-0.15, -0.1) is 12.5 Å². The highest BCUT2D eigenvalue weighted by Gasteiger charge is 2.15. The van der Waals surface area contributed by atoms with Crippen LogP contribution in [0.3, 0.4) is 0 Å². The maximum atomic E-state index is 11.2. The fourth-order valence-corrected chi connectivity index (χ4v) is 3.58. The van der Waals surface area contributed by atoms with Gasteiger partial charge in [0.05, 0.1) is 0 Å². The molecule has 1 aliphatic rings. The van der Waals surface area contributed by atoms with Gasteiger partial charge in [0, 0.05) is 12.3 Å². The van der Waals surface area contributed by atoms with Crippen LogP contribution in [0.2, 0.25) is 0 Å². The van der Waals surface area contributed by atoms with Crippen LogP contribution in [0, 0.1) is 17.8 Å². The van der Waals surface area contributed by atoms with Gasteiger partial charge >= 0.3 is 0 Å². The van der Waals surface area contributed by atoms with Crippen molar-refractivity contribution in [3.63, 3.8) is 0 Å². The first-order chi connectivity index (χ1) is 13.0. The lowest BCUT2D eigenvalue weighted by Crippen LogP contribution is -2.11. The highest BCUT2D eigenvalue weighted by Crippen LogP contribution is 2.28. The number of benzene rings is 1. The lowest BCUT2D eigenvalue weighted by Gasteiger charge is -2.21. The van der Waals surface area contributed by atoms with Crippen molar-refractivity contribution in [2.24, 2.45) is 5.92 Å². The Hall–Kier alpha value is -2.27. The molecule has 0 aliphatic heterocycles. The van der Waals surface area contributed by atoms with Crippen LogP contribution in [0.4, 0.5) is 0 Å². The molecule has 2 heteroatoms. The van der Waals surface area contributed by atoms with Gasteiger partial charge in [-0.05, 0) is 82.1 Å². The smallest absolute Gasteiger partial charge is 0.129 e. The summed E-state index contributed by atoms with van der Waals surface area (Å²) in [5, 5.41) is 0. The van der Waals surface area contributed by atoms with E-state index in [2.05, 4.69) is 36.6 Å². The third kappa shape index (κ3) is 7.47. The number of ether oxygens (including phenoxy) is 1. The Morgan fingerprint density at radius 1 is 1.30 bits per heavy atom. The van der Waals surface area contributed by atoms with E-state index in [4.69, 9.17) is 4.74 Å². The molecule has 1 aromatic rings. The largest absolute Gasteiger partial charge is 0.489 e. The Morgan fingerprint density at radius 2 is 2.04 bits per heavy atom. The van der Waals surface area contributed by atoms with E-state index in [1.54, 1.807) is 6.92 Å². The Morgan fingerprint density at radius 3 is 2.67 bits per heavy atom. The molecule has 144 valence electrons. The lowest BCUT2D eigenvalue weighted by molar-refractivity contribution is -0.117. The molecular weight excluding hydrogens is 332 g/mol. The van der Waals surface area contributed by atoms with Crippen LogP contribution < -0.4 is 4.74 Å². The predicted molar refractivity (Wildman–Crippen MR) is 113 cm³/mol. The van der Waals surface area contributed by atoms with Crippen LogP contribution in [-0.4, -0.2) is 12.4 Å². The lowest BCUT2D eigenvalue weighted by atomic mass is 9.87. The number of rotatable bonds is 9. The van der Waals surface area contributed by atoms with Crippen molar-refractivity contribution in [1.82, 2.24) is 0 Å². The summed E-state index contributed by atoms with van der Waals surface area (Å²) in [5.74, 6) is 8.20. The number of allylic oxidation sites excluding steroid dienone is 2. The van der Waals surface area contributed by atoms with Crippen molar-refractivity contribution < 1.29 is 9.53 Å². The van der Waals surface area contributed by atoms with Gasteiger partial charge in [-0.1, -0.05) is 29.7 Å². The second-order valence-electron chi connectivity index (χ2n) is 7.68. The summed E-state index contributed by atoms with van der Waals surface area (Å²) in [6.45, 7) is 10.2. The van der Waals surface area contributed by atoms with Gasteiger partial charge in [0.15, 0.2) is 0 Å². The summed E-state index contributed by atoms with van der Waals surface area (Å²) >= 11 is 0. The first kappa shape index (κ1) is 21.0. The summed E-state index contributed by atoms with van der Waals surface area (Å²) in [6, 6.07) is 8.29. The van der Waals surface area contributed by atoms with Crippen molar-refractivity contribution in [2.45, 2.75) is 65.2 Å². The van der Waals surface area contributed by atoms with E-state index < -0.39 is 0 Å². The first-order valence-electron chi connectivity index (χ1n) is 9.96. The molecule has 27 heavy (non-hydrogen) atoms. The zero-order valence-corrected chi connectivity index (χ0v) is 17.0. The van der Waals surface area contributed by atoms with Crippen LogP contribution in [0.15, 0.2) is 48.1 Å². The van der Waals surface area contributed by atoms with Crippen LogP contribution in [0.1, 0.15) is 70.8 Å². The summed E-state index contributed by atoms with van der Waals surface area (Å²) in [4.78, 5) is 11.2. The van der Waals surface area contributed by atoms with Crippen molar-refractivity contribution in [3.8, 4) is 17.6 Å². The molecule has 2 unspecified atom stereocenters. The minimum Gasteiger partial charge on any atom is -0.489 e. The molecule has 2 atom stereocenters. The third-order valence-corrected chi connectivity index (χ3v) is 4.99. The molecule has 0 bridgehead atoms. The third-order valence-electron chi connectivity index (χ3n) is 4.99. The van der Waals surface area contributed by atoms with Gasteiger partial charge in [0.1, 0.15) is 18.1 Å². The van der Waals surface area contributed by atoms with Crippen LogP contribution in [0.5, 0.6) is 5.75 Å². The van der Waals surface area contributed by atoms with Crippen molar-refractivity contribution in [3.05, 3.63) is 53.6 Å². The van der Waals surface area contributed by atoms with Gasteiger partial charge < -0.3 is 9.53 Å². The highest BCUT2D eigenvalue weighted by atomic mass is 16.5. The number of hydrogen-bond acceptors (Lipinski definition) is 2. The zero-order chi connectivity index (χ0) is 19.6. The molecule has 1 aromatic carbocycles. The predicted octanol–water partition coefficient (Wildman–Crippen LogP) is 6.23. The Kier molecular flexibility index (Phi) is 8.40. The molecule has 0 saturated heterocycles. The van der Waals surface area contributed by atoms with E-state index in [-0.39, 0.29) is 11.7 Å². The van der Waals surface area contributed by atoms with Crippen molar-refractivity contribution in [2.75, 3.05) is 6.61 Å². The molecule has 0 N–H and O–H groups in total. The van der Waals surface area contributed by atoms with Crippen LogP contribution in [0.25, 0.3) is 0 Å². The molecule has 2 rings (SSSR count). The Balaban J connectivity index is 1.93. The van der Waals surface area contributed by atoms with Crippen molar-refractivity contribution in [1.29, 1.82) is 0 Å². The standard InChI is InChI=1S/C25H32O2/c1-5-7-24(16-19(2)3)23-12-14-25(15-13-23)27-18-22-9-6-8-21(17-22)11-10-20(4)26/h12-15,17,21,24H,2,6,8-11,16,18H2,1,3-4H3. The quantitative estimate of drug-likeness (QED) is 0.383. The zero-order valence-electron chi connectivity index (χ0n) is 17.0. The topological polar surface area (TPSA) is 26.3 Å². The molecule has 1 aliphatic carbocycles. The van der Waals surface area contributed by atoms with Crippen LogP contribution >= 0.6 is 0 Å². The average molecular weight is 365 g/mol. The van der Waals surface area contributed by atoms with Gasteiger partial charge in [0.25, 0.3) is 0 Å². The maximum Gasteiger partial charge on any atom is 0.129 e. The van der Waals surface area contributed by atoms with Gasteiger partial charge in [0.2, 0.25) is 0 Å². The highest BCUT2D eigenvalue weighted by molar-refractivity contribution is 5.75. The van der Waals surface area contributed by atoms with Gasteiger partial charge in [-0.3, -0.25) is 0 Å². The van der Waals surface area contributed by atoms with Crippen LogP contribution in [-0.2, 0) is 4.79 Å². The summed E-state index contributed by atoms with van der Waals surface area (Å²) in [7, 11) is 0. The Bertz CT molecular complexity index is 728. The fourth-order valence-electron chi connectivity index (χ4n) is 3.58. The number of carbonyl (C=O) groups excluding carboxylic acids is 1. The fraction of sp³-hybridized carbons (Fsp3) is 0.480. The minimum atomic E-state index is 0.199. The number of carbonyl (C=O) groups is 1. The SMILES string of the molecule is C=C(C)CC(C#CC)c1ccc(OCC2=CC(CCC(C)=O)CCC2)cc1. The first-order valence-corrected chi connectivity index (χ1v) is 9.96. The van der Waals surface area contributed by atoms with E-state index in [9.17, 15) is 4.79 Å². The molecule has 0 radical (unpaired) electrons. The van der Waals surface area contributed by atoms with Crippen molar-refractivity contribution >= 4 is 5.78 Å². The van der Waals surface area contributed by atoms with E-state index in [0.717, 1.165) is 30.6 Å². The molecule has 0 amide bonds. The summed E-state index contributed by atoms with van der Waals surface area (Å²) in [5.41, 5.74) is 3.71. The second kappa shape index (κ2) is 10.8. The summed E-state index contributed by atoms with van der Waals surface area (Å²) < 4.78 is 6.01. The average Bonchev–Trinajstić information content (AvgIpc) is 2.65.